The molecule has 0 aromatic heterocycles. The van der Waals surface area contributed by atoms with E-state index in [2.05, 4.69) is 5.16 Å². The van der Waals surface area contributed by atoms with Crippen molar-refractivity contribution >= 4 is 23.6 Å². The number of rotatable bonds is 6. The maximum atomic E-state index is 14.1. The van der Waals surface area contributed by atoms with Gasteiger partial charge in [-0.2, -0.15) is 0 Å². The van der Waals surface area contributed by atoms with Crippen molar-refractivity contribution < 1.29 is 48.0 Å². The van der Waals surface area contributed by atoms with E-state index >= 15 is 0 Å². The molecular formula is C32H56N4O10. The largest absolute Gasteiger partial charge is 0.458 e. The maximum absolute atomic E-state index is 14.1. The summed E-state index contributed by atoms with van der Waals surface area (Å²) in [7, 11) is 6.71. The zero-order chi connectivity index (χ0) is 34.9. The molecule has 1 amide bonds. The summed E-state index contributed by atoms with van der Waals surface area (Å²) in [5.74, 6) is 2.11. The van der Waals surface area contributed by atoms with Crippen molar-refractivity contribution in [1.82, 2.24) is 9.91 Å². The Morgan fingerprint density at radius 3 is 2.26 bits per heavy atom. The average Bonchev–Trinajstić information content (AvgIpc) is 3.23. The molecule has 3 rings (SSSR count). The molecule has 0 spiro atoms. The number of aliphatic hydroxyl groups is 1. The number of methoxy groups -OCH3 is 1. The number of oxime groups is 1. The number of fused-ring (bicyclic) bond motifs is 1. The Morgan fingerprint density at radius 2 is 1.72 bits per heavy atom. The number of cyclic esters (lactones) is 1. The molecule has 14 nitrogen and oxygen atoms in total. The predicted octanol–water partition coefficient (Wildman–Crippen LogP) is 2.50. The van der Waals surface area contributed by atoms with E-state index in [1.165, 1.54) is 21.1 Å². The molecule has 3 aliphatic heterocycles. The lowest BCUT2D eigenvalue weighted by Gasteiger charge is -2.47. The molecule has 0 aliphatic carbocycles. The third-order valence-electron chi connectivity index (χ3n) is 10.3. The van der Waals surface area contributed by atoms with E-state index in [4.69, 9.17) is 34.4 Å². The minimum atomic E-state index is -1.37. The highest BCUT2D eigenvalue weighted by Gasteiger charge is 2.60. The number of nitrogens with two attached hydrogens (primary N) is 1. The number of ether oxygens (including phenoxy) is 5. The number of hydrogen-bond acceptors (Lipinski definition) is 13. The fourth-order valence-electron chi connectivity index (χ4n) is 7.70. The van der Waals surface area contributed by atoms with Crippen molar-refractivity contribution in [1.29, 1.82) is 0 Å². The fraction of sp³-hybridized carbons (Fsp3) is 0.875. The number of hydrazine groups is 1. The van der Waals surface area contributed by atoms with Gasteiger partial charge in [0.1, 0.15) is 31.3 Å². The molecule has 13 atom stereocenters. The highest BCUT2D eigenvalue weighted by Crippen LogP contribution is 2.42. The molecule has 46 heavy (non-hydrogen) atoms. The van der Waals surface area contributed by atoms with Gasteiger partial charge in [-0.15, -0.1) is 0 Å². The van der Waals surface area contributed by atoms with Crippen molar-refractivity contribution in [3.63, 3.8) is 0 Å². The molecule has 3 heterocycles. The van der Waals surface area contributed by atoms with Crippen LogP contribution in [0.3, 0.4) is 0 Å². The van der Waals surface area contributed by atoms with Crippen LogP contribution in [0.15, 0.2) is 5.16 Å². The van der Waals surface area contributed by atoms with Crippen LogP contribution in [-0.4, -0.2) is 121 Å². The summed E-state index contributed by atoms with van der Waals surface area (Å²) in [5.41, 5.74) is -1.99. The van der Waals surface area contributed by atoms with Crippen LogP contribution in [0.2, 0.25) is 0 Å². The van der Waals surface area contributed by atoms with Crippen molar-refractivity contribution in [2.24, 2.45) is 34.7 Å². The van der Waals surface area contributed by atoms with Crippen molar-refractivity contribution in [2.75, 3.05) is 28.3 Å². The second-order valence-corrected chi connectivity index (χ2v) is 13.9. The number of carbonyl (C=O) groups is 3. The van der Waals surface area contributed by atoms with Gasteiger partial charge in [0.05, 0.1) is 23.5 Å². The van der Waals surface area contributed by atoms with Gasteiger partial charge in [0.25, 0.3) is 0 Å². The minimum absolute atomic E-state index is 0.232. The molecule has 3 N–H and O–H groups in total. The van der Waals surface area contributed by atoms with Crippen LogP contribution >= 0.6 is 0 Å². The smallest absolute Gasteiger partial charge is 0.425 e. The van der Waals surface area contributed by atoms with Crippen molar-refractivity contribution in [3.8, 4) is 0 Å². The van der Waals surface area contributed by atoms with Gasteiger partial charge in [0.15, 0.2) is 17.7 Å². The van der Waals surface area contributed by atoms with Gasteiger partial charge in [-0.05, 0) is 61.1 Å². The first kappa shape index (κ1) is 38.1. The third-order valence-corrected chi connectivity index (χ3v) is 10.3. The second-order valence-electron chi connectivity index (χ2n) is 13.9. The Bertz CT molecular complexity index is 1140. The van der Waals surface area contributed by atoms with Gasteiger partial charge >= 0.3 is 12.1 Å². The molecule has 0 bridgehead atoms. The molecule has 3 fully saturated rings. The monoisotopic (exact) mass is 656 g/mol. The molecule has 0 aromatic rings. The first-order valence-electron chi connectivity index (χ1n) is 16.2. The Hall–Kier alpha value is -2.36. The molecule has 0 aromatic carbocycles. The summed E-state index contributed by atoms with van der Waals surface area (Å²) in [6.45, 7) is 14.2. The van der Waals surface area contributed by atoms with E-state index in [0.29, 0.717) is 12.1 Å². The van der Waals surface area contributed by atoms with E-state index in [0.717, 1.165) is 5.01 Å². The Balaban J connectivity index is 2.18. The van der Waals surface area contributed by atoms with Crippen LogP contribution in [0.4, 0.5) is 4.79 Å². The first-order chi connectivity index (χ1) is 21.4. The standard InChI is InChI=1S/C32H56N4O10/c1-13-22-32(8)26(36(33)30(40)46-32)18(4)23(34-42-12)16(2)15-31(7,41-11)27(19(5)24(37)20(6)28(39)44-22)45-29-25(38)21(35(9)10)14-17(3)43-29/h16-22,25-27,29,38H,13-15,33H2,1-12H3/b34-23+/t16-,17-,18+,19+,20-,21+,22-,25-,26+,27-,29+,31-,32-/m1/s1. The van der Waals surface area contributed by atoms with Crippen LogP contribution < -0.4 is 5.84 Å². The number of esters is 1. The Morgan fingerprint density at radius 1 is 1.09 bits per heavy atom. The van der Waals surface area contributed by atoms with E-state index in [1.807, 2.05) is 46.7 Å². The maximum Gasteiger partial charge on any atom is 0.425 e. The van der Waals surface area contributed by atoms with Crippen molar-refractivity contribution in [2.45, 2.75) is 129 Å². The Kier molecular flexibility index (Phi) is 12.3. The quantitative estimate of drug-likeness (QED) is 0.141. The molecule has 0 radical (unpaired) electrons. The van der Waals surface area contributed by atoms with E-state index in [9.17, 15) is 19.5 Å². The zero-order valence-electron chi connectivity index (χ0n) is 29.5. The number of Topliss-reactive ketones (excluding diaryl/α,β-unsaturated/α-hetero) is 1. The average molecular weight is 657 g/mol. The van der Waals surface area contributed by atoms with E-state index in [1.54, 1.807) is 20.8 Å². The summed E-state index contributed by atoms with van der Waals surface area (Å²) in [6, 6.07) is -1.06. The lowest BCUT2D eigenvalue weighted by Crippen LogP contribution is -2.60. The summed E-state index contributed by atoms with van der Waals surface area (Å²) >= 11 is 0. The molecule has 0 saturated carbocycles. The molecule has 3 saturated heterocycles. The number of hydrogen-bond donors (Lipinski definition) is 2. The molecule has 264 valence electrons. The second kappa shape index (κ2) is 14.8. The first-order valence-corrected chi connectivity index (χ1v) is 16.2. The van der Waals surface area contributed by atoms with Crippen molar-refractivity contribution in [3.05, 3.63) is 0 Å². The molecule has 0 unspecified atom stereocenters. The predicted molar refractivity (Wildman–Crippen MR) is 168 cm³/mol. The van der Waals surface area contributed by atoms with Crippen LogP contribution in [0, 0.1) is 23.7 Å². The van der Waals surface area contributed by atoms with Crippen LogP contribution in [0.5, 0.6) is 0 Å². The van der Waals surface area contributed by atoms with Gasteiger partial charge in [0, 0.05) is 30.9 Å². The number of ketones is 1. The topological polar surface area (TPSA) is 172 Å². The number of nitrogens with zero attached hydrogens (tertiary/aromatic N) is 3. The molecular weight excluding hydrogens is 600 g/mol. The Labute approximate surface area is 273 Å². The molecule has 3 aliphatic rings. The van der Waals surface area contributed by atoms with Crippen LogP contribution in [-0.2, 0) is 38.1 Å². The lowest BCUT2D eigenvalue weighted by molar-refractivity contribution is -0.295. The lowest BCUT2D eigenvalue weighted by atomic mass is 9.73. The molecule has 14 heteroatoms. The fourth-order valence-corrected chi connectivity index (χ4v) is 7.70. The van der Waals surface area contributed by atoms with Gasteiger partial charge < -0.3 is 38.5 Å². The van der Waals surface area contributed by atoms with Gasteiger partial charge in [-0.25, -0.2) is 15.6 Å². The SMILES string of the molecule is CC[C@H]1OC(=O)[C@H](C)C(=O)[C@H](C)[C@@H](O[C@@H]2O[C@H](C)C[C@H](N(C)C)[C@H]2O)[C@](C)(OC)C[C@@H](C)/C(=N\OC)[C@H](C)[C@@H]2N(N)C(=O)O[C@@]21C. The normalized spacial score (nSPS) is 44.1. The highest BCUT2D eigenvalue weighted by atomic mass is 16.7. The van der Waals surface area contributed by atoms with E-state index in [-0.39, 0.29) is 30.9 Å². The zero-order valence-corrected chi connectivity index (χ0v) is 29.5. The van der Waals surface area contributed by atoms with Gasteiger partial charge in [0.2, 0.25) is 0 Å². The van der Waals surface area contributed by atoms with Crippen LogP contribution in [0.1, 0.15) is 74.7 Å². The number of amides is 1. The summed E-state index contributed by atoms with van der Waals surface area (Å²) < 4.78 is 30.7. The number of carbonyl (C=O) groups excluding carboxylic acids is 3. The minimum Gasteiger partial charge on any atom is -0.458 e. The highest BCUT2D eigenvalue weighted by molar-refractivity contribution is 6.00. The summed E-state index contributed by atoms with van der Waals surface area (Å²) in [4.78, 5) is 47.9. The van der Waals surface area contributed by atoms with E-state index < -0.39 is 77.4 Å². The number of aliphatic hydroxyl groups excluding tert-OH is 1. The number of likely N-dealkylation sites (N-methyl/N-ethyl adjacent to an activating group) is 1. The third kappa shape index (κ3) is 7.21. The van der Waals surface area contributed by atoms with Crippen LogP contribution in [0.25, 0.3) is 0 Å². The summed E-state index contributed by atoms with van der Waals surface area (Å²) in [5, 5.41) is 16.7. The van der Waals surface area contributed by atoms with Gasteiger partial charge in [-0.3, -0.25) is 9.59 Å². The summed E-state index contributed by atoms with van der Waals surface area (Å²) in [6.07, 6.45) is -3.87. The van der Waals surface area contributed by atoms with Gasteiger partial charge in [-0.1, -0.05) is 32.9 Å².